The molecule has 0 amide bonds. The summed E-state index contributed by atoms with van der Waals surface area (Å²) in [7, 11) is 1.37. The molecule has 1 rings (SSSR count). The van der Waals surface area contributed by atoms with E-state index in [4.69, 9.17) is 0 Å². The van der Waals surface area contributed by atoms with Crippen molar-refractivity contribution in [2.75, 3.05) is 6.54 Å². The van der Waals surface area contributed by atoms with Crippen molar-refractivity contribution < 1.29 is 26.3 Å². The van der Waals surface area contributed by atoms with E-state index in [2.05, 4.69) is 20.7 Å². The average molecular weight is 319 g/mol. The Labute approximate surface area is 116 Å². The van der Waals surface area contributed by atoms with Gasteiger partial charge in [0.25, 0.3) is 0 Å². The first kappa shape index (κ1) is 17.7. The molecule has 5 nitrogen and oxygen atoms in total. The highest BCUT2D eigenvalue weighted by atomic mass is 19.4. The number of nitrogens with zero attached hydrogens (tertiary/aromatic N) is 4. The van der Waals surface area contributed by atoms with Crippen molar-refractivity contribution in [2.24, 2.45) is 13.0 Å². The average Bonchev–Trinajstić information content (AvgIpc) is 2.67. The predicted octanol–water partition coefficient (Wildman–Crippen LogP) is 1.86. The summed E-state index contributed by atoms with van der Waals surface area (Å²) in [4.78, 5) is 0.975. The second-order valence-corrected chi connectivity index (χ2v) is 4.52. The maximum Gasteiger partial charge on any atom is 0.402 e. The van der Waals surface area contributed by atoms with Crippen LogP contribution in [0.15, 0.2) is 0 Å². The molecule has 1 aromatic rings. The van der Waals surface area contributed by atoms with Gasteiger partial charge in [-0.15, -0.1) is 10.2 Å². The van der Waals surface area contributed by atoms with Crippen LogP contribution in [0.25, 0.3) is 0 Å². The summed E-state index contributed by atoms with van der Waals surface area (Å²) in [6.07, 6.45) is -11.0. The standard InChI is InChI=1S/C10H15F6N5/c1-3-4-17-6(5-7-18-20-21(2)19-7)8(9(11,12)13)10(14,15)16/h6,8,17H,3-5H2,1-2H3. The lowest BCUT2D eigenvalue weighted by molar-refractivity contribution is -0.291. The molecule has 122 valence electrons. The number of rotatable bonds is 6. The SMILES string of the molecule is CCCNC(Cc1nnn(C)n1)C(C(F)(F)F)C(F)(F)F. The summed E-state index contributed by atoms with van der Waals surface area (Å²) in [5, 5.41) is 12.7. The van der Waals surface area contributed by atoms with Crippen molar-refractivity contribution in [3.05, 3.63) is 5.82 Å². The first-order chi connectivity index (χ1) is 9.55. The molecule has 0 radical (unpaired) electrons. The number of aromatic nitrogens is 4. The van der Waals surface area contributed by atoms with Crippen molar-refractivity contribution in [3.8, 4) is 0 Å². The Bertz CT molecular complexity index is 426. The topological polar surface area (TPSA) is 55.6 Å². The van der Waals surface area contributed by atoms with Gasteiger partial charge in [0.1, 0.15) is 0 Å². The molecule has 0 fully saturated rings. The summed E-state index contributed by atoms with van der Waals surface area (Å²) in [5.74, 6) is -3.66. The molecule has 0 aliphatic rings. The Morgan fingerprint density at radius 1 is 1.14 bits per heavy atom. The molecule has 1 unspecified atom stereocenters. The van der Waals surface area contributed by atoms with Crippen LogP contribution in [0.3, 0.4) is 0 Å². The lowest BCUT2D eigenvalue weighted by atomic mass is 9.95. The minimum absolute atomic E-state index is 0.0214. The van der Waals surface area contributed by atoms with Gasteiger partial charge in [-0.25, -0.2) is 0 Å². The quantitative estimate of drug-likeness (QED) is 0.813. The smallest absolute Gasteiger partial charge is 0.313 e. The van der Waals surface area contributed by atoms with Crippen molar-refractivity contribution in [1.29, 1.82) is 0 Å². The number of nitrogens with one attached hydrogen (secondary N) is 1. The van der Waals surface area contributed by atoms with Crippen LogP contribution in [0.2, 0.25) is 0 Å². The second kappa shape index (κ2) is 6.58. The highest BCUT2D eigenvalue weighted by Gasteiger charge is 2.60. The zero-order valence-electron chi connectivity index (χ0n) is 11.3. The van der Waals surface area contributed by atoms with E-state index in [9.17, 15) is 26.3 Å². The van der Waals surface area contributed by atoms with Gasteiger partial charge in [0.2, 0.25) is 0 Å². The molecule has 1 atom stereocenters. The van der Waals surface area contributed by atoms with Crippen molar-refractivity contribution in [3.63, 3.8) is 0 Å². The fourth-order valence-electron chi connectivity index (χ4n) is 1.88. The van der Waals surface area contributed by atoms with Crippen LogP contribution < -0.4 is 5.32 Å². The van der Waals surface area contributed by atoms with Gasteiger partial charge in [-0.1, -0.05) is 6.92 Å². The third-order valence-electron chi connectivity index (χ3n) is 2.72. The zero-order chi connectivity index (χ0) is 16.3. The number of aryl methyl sites for hydroxylation is 1. The molecule has 21 heavy (non-hydrogen) atoms. The Balaban J connectivity index is 3.02. The van der Waals surface area contributed by atoms with Gasteiger partial charge >= 0.3 is 12.4 Å². The lowest BCUT2D eigenvalue weighted by Gasteiger charge is -2.30. The molecule has 1 aromatic heterocycles. The Hall–Kier alpha value is -1.39. The molecule has 1 heterocycles. The van der Waals surface area contributed by atoms with Crippen LogP contribution in [0.5, 0.6) is 0 Å². The Morgan fingerprint density at radius 2 is 1.71 bits per heavy atom. The first-order valence-electron chi connectivity index (χ1n) is 6.15. The van der Waals surface area contributed by atoms with Gasteiger partial charge in [0, 0.05) is 12.5 Å². The molecule has 0 aromatic carbocycles. The lowest BCUT2D eigenvalue weighted by Crippen LogP contribution is -2.52. The van der Waals surface area contributed by atoms with Gasteiger partial charge in [-0.3, -0.25) is 0 Å². The fraction of sp³-hybridized carbons (Fsp3) is 0.900. The molecule has 0 saturated heterocycles. The highest BCUT2D eigenvalue weighted by molar-refractivity contribution is 4.93. The zero-order valence-corrected chi connectivity index (χ0v) is 11.3. The summed E-state index contributed by atoms with van der Waals surface area (Å²) in [5.41, 5.74) is 0. The van der Waals surface area contributed by atoms with Crippen molar-refractivity contribution >= 4 is 0 Å². The molecule has 0 bridgehead atoms. The van der Waals surface area contributed by atoms with Gasteiger partial charge in [-0.05, 0) is 18.2 Å². The van der Waals surface area contributed by atoms with Crippen LogP contribution in [0.4, 0.5) is 26.3 Å². The Morgan fingerprint density at radius 3 is 2.10 bits per heavy atom. The first-order valence-corrected chi connectivity index (χ1v) is 6.15. The van der Waals surface area contributed by atoms with E-state index in [1.54, 1.807) is 6.92 Å². The molecule has 0 saturated carbocycles. The van der Waals surface area contributed by atoms with E-state index in [0.29, 0.717) is 6.42 Å². The third kappa shape index (κ3) is 5.14. The van der Waals surface area contributed by atoms with Crippen LogP contribution >= 0.6 is 0 Å². The van der Waals surface area contributed by atoms with Gasteiger partial charge in [0.15, 0.2) is 11.7 Å². The van der Waals surface area contributed by atoms with Gasteiger partial charge in [0.05, 0.1) is 7.05 Å². The Kier molecular flexibility index (Phi) is 5.54. The van der Waals surface area contributed by atoms with E-state index in [0.717, 1.165) is 4.80 Å². The molecule has 0 aliphatic carbocycles. The van der Waals surface area contributed by atoms with Crippen LogP contribution in [0, 0.1) is 5.92 Å². The summed E-state index contributed by atoms with van der Waals surface area (Å²) >= 11 is 0. The summed E-state index contributed by atoms with van der Waals surface area (Å²) < 4.78 is 76.7. The van der Waals surface area contributed by atoms with E-state index >= 15 is 0 Å². The van der Waals surface area contributed by atoms with Crippen LogP contribution in [-0.2, 0) is 13.5 Å². The molecule has 0 aliphatic heterocycles. The normalized spacial score (nSPS) is 14.7. The van der Waals surface area contributed by atoms with Gasteiger partial charge < -0.3 is 5.32 Å². The number of alkyl halides is 6. The fourth-order valence-corrected chi connectivity index (χ4v) is 1.88. The maximum atomic E-state index is 12.8. The van der Waals surface area contributed by atoms with Gasteiger partial charge in [-0.2, -0.15) is 31.1 Å². The summed E-state index contributed by atoms with van der Waals surface area (Å²) in [6, 6.07) is -1.89. The van der Waals surface area contributed by atoms with E-state index < -0.39 is 30.7 Å². The van der Waals surface area contributed by atoms with Crippen LogP contribution in [-0.4, -0.2) is 45.1 Å². The number of hydrogen-bond donors (Lipinski definition) is 1. The minimum Gasteiger partial charge on any atom is -0.313 e. The highest BCUT2D eigenvalue weighted by Crippen LogP contribution is 2.41. The molecular formula is C10H15F6N5. The van der Waals surface area contributed by atoms with Crippen LogP contribution in [0.1, 0.15) is 19.2 Å². The largest absolute Gasteiger partial charge is 0.402 e. The molecule has 0 spiro atoms. The minimum atomic E-state index is -5.41. The number of tetrazole rings is 1. The van der Waals surface area contributed by atoms with E-state index in [-0.39, 0.29) is 12.4 Å². The number of hydrogen-bond acceptors (Lipinski definition) is 4. The monoisotopic (exact) mass is 319 g/mol. The summed E-state index contributed by atoms with van der Waals surface area (Å²) in [6.45, 7) is 1.66. The third-order valence-corrected chi connectivity index (χ3v) is 2.72. The van der Waals surface area contributed by atoms with Crippen molar-refractivity contribution in [2.45, 2.75) is 38.2 Å². The number of halogens is 6. The van der Waals surface area contributed by atoms with E-state index in [1.807, 2.05) is 0 Å². The molecule has 11 heteroatoms. The van der Waals surface area contributed by atoms with Crippen molar-refractivity contribution in [1.82, 2.24) is 25.5 Å². The second-order valence-electron chi connectivity index (χ2n) is 4.52. The molecule has 1 N–H and O–H groups in total. The maximum absolute atomic E-state index is 12.8. The van der Waals surface area contributed by atoms with E-state index in [1.165, 1.54) is 7.05 Å². The molecular weight excluding hydrogens is 304 g/mol. The predicted molar refractivity (Wildman–Crippen MR) is 60.2 cm³/mol.